The Labute approximate surface area is 260 Å². The molecular weight excluding hydrogens is 553 g/mol. The van der Waals surface area contributed by atoms with E-state index in [9.17, 15) is 0 Å². The lowest BCUT2D eigenvalue weighted by molar-refractivity contribution is 1.28. The number of hydrogen-bond acceptors (Lipinski definition) is 2. The molecule has 0 fully saturated rings. The first-order valence-corrected chi connectivity index (χ1v) is 15.5. The summed E-state index contributed by atoms with van der Waals surface area (Å²) in [5.74, 6) is 0. The average Bonchev–Trinajstić information content (AvgIpc) is 3.48. The zero-order chi connectivity index (χ0) is 29.5. The largest absolute Gasteiger partial charge is 0.310 e. The van der Waals surface area contributed by atoms with E-state index >= 15 is 0 Å². The van der Waals surface area contributed by atoms with E-state index in [-0.39, 0.29) is 0 Å². The molecule has 0 aliphatic rings. The van der Waals surface area contributed by atoms with Gasteiger partial charge < -0.3 is 4.90 Å². The number of fused-ring (bicyclic) bond motifs is 5. The number of thiophene rings is 1. The highest BCUT2D eigenvalue weighted by molar-refractivity contribution is 7.26. The SMILES string of the molecule is [C-]#[N+]c1ccc2sc3ccc4cccc(-c5ccccc5N(c5ccccc5)c5cccc(-c6ccccc6)c5)c4c3c2c1. The number of rotatable bonds is 5. The molecule has 0 spiro atoms. The molecular formula is C41H26N2S. The van der Waals surface area contributed by atoms with Gasteiger partial charge in [-0.05, 0) is 75.3 Å². The van der Waals surface area contributed by atoms with Gasteiger partial charge in [0, 0.05) is 31.7 Å². The van der Waals surface area contributed by atoms with Crippen LogP contribution < -0.4 is 4.90 Å². The van der Waals surface area contributed by atoms with Crippen LogP contribution in [-0.2, 0) is 0 Å². The molecule has 44 heavy (non-hydrogen) atoms. The zero-order valence-electron chi connectivity index (χ0n) is 23.8. The summed E-state index contributed by atoms with van der Waals surface area (Å²) in [6.07, 6.45) is 0. The van der Waals surface area contributed by atoms with Gasteiger partial charge in [0.2, 0.25) is 0 Å². The fourth-order valence-electron chi connectivity index (χ4n) is 6.28. The summed E-state index contributed by atoms with van der Waals surface area (Å²) in [7, 11) is 0. The molecule has 0 saturated carbocycles. The van der Waals surface area contributed by atoms with Crippen molar-refractivity contribution in [3.05, 3.63) is 169 Å². The average molecular weight is 579 g/mol. The molecule has 0 amide bonds. The third kappa shape index (κ3) is 4.41. The van der Waals surface area contributed by atoms with Crippen molar-refractivity contribution >= 4 is 65.0 Å². The highest BCUT2D eigenvalue weighted by Gasteiger charge is 2.20. The minimum atomic E-state index is 0.667. The Morgan fingerprint density at radius 2 is 1.18 bits per heavy atom. The predicted octanol–water partition coefficient (Wildman–Crippen LogP) is 12.6. The lowest BCUT2D eigenvalue weighted by Gasteiger charge is -2.28. The van der Waals surface area contributed by atoms with E-state index in [0.717, 1.165) is 28.0 Å². The van der Waals surface area contributed by atoms with E-state index in [1.165, 1.54) is 42.2 Å². The molecule has 0 aliphatic carbocycles. The van der Waals surface area contributed by atoms with Crippen LogP contribution in [0.2, 0.25) is 0 Å². The molecule has 1 heterocycles. The topological polar surface area (TPSA) is 7.60 Å². The van der Waals surface area contributed by atoms with Gasteiger partial charge in [-0.2, -0.15) is 0 Å². The molecule has 0 atom stereocenters. The Hall–Kier alpha value is -5.69. The lowest BCUT2D eigenvalue weighted by atomic mass is 9.93. The standard InChI is InChI=1S/C41H26N2S/c1-42-31-23-25-38-36(27-31)41-39(44-38)24-22-29-14-11-20-35(40(29)41)34-19-8-9-21-37(34)43(32-16-6-3-7-17-32)33-18-10-15-30(26-33)28-12-4-2-5-13-28/h2-27H. The number of benzene rings is 7. The fraction of sp³-hybridized carbons (Fsp3) is 0. The summed E-state index contributed by atoms with van der Waals surface area (Å²) in [5, 5.41) is 4.77. The van der Waals surface area contributed by atoms with Crippen LogP contribution >= 0.6 is 11.3 Å². The molecule has 0 bridgehead atoms. The highest BCUT2D eigenvalue weighted by Crippen LogP contribution is 2.47. The molecule has 7 aromatic carbocycles. The smallest absolute Gasteiger partial charge is 0.187 e. The maximum absolute atomic E-state index is 7.65. The van der Waals surface area contributed by atoms with Crippen molar-refractivity contribution in [1.82, 2.24) is 0 Å². The molecule has 206 valence electrons. The molecule has 0 aliphatic heterocycles. The molecule has 3 heteroatoms. The van der Waals surface area contributed by atoms with Gasteiger partial charge in [-0.25, -0.2) is 4.85 Å². The van der Waals surface area contributed by atoms with Crippen LogP contribution in [-0.4, -0.2) is 0 Å². The van der Waals surface area contributed by atoms with Crippen LogP contribution in [0.5, 0.6) is 0 Å². The van der Waals surface area contributed by atoms with Crippen molar-refractivity contribution in [3.63, 3.8) is 0 Å². The third-order valence-corrected chi connectivity index (χ3v) is 9.39. The van der Waals surface area contributed by atoms with Crippen molar-refractivity contribution in [2.75, 3.05) is 4.90 Å². The molecule has 0 saturated heterocycles. The Bertz CT molecular complexity index is 2350. The monoisotopic (exact) mass is 578 g/mol. The second-order valence-electron chi connectivity index (χ2n) is 10.8. The Morgan fingerprint density at radius 3 is 2.02 bits per heavy atom. The van der Waals surface area contributed by atoms with Crippen molar-refractivity contribution in [3.8, 4) is 22.3 Å². The zero-order valence-corrected chi connectivity index (χ0v) is 24.6. The van der Waals surface area contributed by atoms with Gasteiger partial charge in [-0.3, -0.25) is 0 Å². The molecule has 1 aromatic heterocycles. The van der Waals surface area contributed by atoms with Gasteiger partial charge in [0.15, 0.2) is 5.69 Å². The summed E-state index contributed by atoms with van der Waals surface area (Å²) in [6.45, 7) is 7.65. The maximum atomic E-state index is 7.65. The van der Waals surface area contributed by atoms with E-state index in [2.05, 4.69) is 161 Å². The fourth-order valence-corrected chi connectivity index (χ4v) is 7.38. The normalized spacial score (nSPS) is 11.2. The van der Waals surface area contributed by atoms with Gasteiger partial charge in [0.1, 0.15) is 0 Å². The van der Waals surface area contributed by atoms with E-state index in [1.807, 2.05) is 6.07 Å². The quantitative estimate of drug-likeness (QED) is 0.184. The van der Waals surface area contributed by atoms with Crippen LogP contribution in [0.4, 0.5) is 22.7 Å². The summed E-state index contributed by atoms with van der Waals surface area (Å²) in [6, 6.07) is 55.7. The molecule has 8 aromatic rings. The first-order chi connectivity index (χ1) is 21.8. The van der Waals surface area contributed by atoms with Gasteiger partial charge in [-0.1, -0.05) is 115 Å². The predicted molar refractivity (Wildman–Crippen MR) is 189 cm³/mol. The molecule has 0 N–H and O–H groups in total. The summed E-state index contributed by atoms with van der Waals surface area (Å²) in [4.78, 5) is 6.11. The minimum absolute atomic E-state index is 0.667. The Balaban J connectivity index is 1.41. The van der Waals surface area contributed by atoms with Crippen molar-refractivity contribution < 1.29 is 0 Å². The van der Waals surface area contributed by atoms with Gasteiger partial charge >= 0.3 is 0 Å². The molecule has 8 rings (SSSR count). The highest BCUT2D eigenvalue weighted by atomic mass is 32.1. The third-order valence-electron chi connectivity index (χ3n) is 8.25. The minimum Gasteiger partial charge on any atom is -0.310 e. The maximum Gasteiger partial charge on any atom is 0.187 e. The van der Waals surface area contributed by atoms with E-state index in [1.54, 1.807) is 11.3 Å². The van der Waals surface area contributed by atoms with Crippen LogP contribution in [0.15, 0.2) is 158 Å². The Morgan fingerprint density at radius 1 is 0.500 bits per heavy atom. The van der Waals surface area contributed by atoms with Gasteiger partial charge in [0.05, 0.1) is 12.3 Å². The second-order valence-corrected chi connectivity index (χ2v) is 11.9. The van der Waals surface area contributed by atoms with Crippen LogP contribution in [0, 0.1) is 6.57 Å². The number of nitrogens with zero attached hydrogens (tertiary/aromatic N) is 2. The van der Waals surface area contributed by atoms with Crippen molar-refractivity contribution in [2.24, 2.45) is 0 Å². The van der Waals surface area contributed by atoms with Crippen molar-refractivity contribution in [1.29, 1.82) is 0 Å². The summed E-state index contributed by atoms with van der Waals surface area (Å²) >= 11 is 1.79. The van der Waals surface area contributed by atoms with Crippen LogP contribution in [0.1, 0.15) is 0 Å². The van der Waals surface area contributed by atoms with Gasteiger partial charge in [-0.15, -0.1) is 11.3 Å². The second kappa shape index (κ2) is 10.9. The lowest BCUT2D eigenvalue weighted by Crippen LogP contribution is -2.11. The van der Waals surface area contributed by atoms with E-state index < -0.39 is 0 Å². The number of anilines is 3. The van der Waals surface area contributed by atoms with Gasteiger partial charge in [0.25, 0.3) is 0 Å². The summed E-state index contributed by atoms with van der Waals surface area (Å²) in [5.41, 5.74) is 8.66. The number of hydrogen-bond donors (Lipinski definition) is 0. The Kier molecular flexibility index (Phi) is 6.41. The first kappa shape index (κ1) is 26.0. The van der Waals surface area contributed by atoms with Crippen molar-refractivity contribution in [2.45, 2.75) is 0 Å². The molecule has 0 radical (unpaired) electrons. The first-order valence-electron chi connectivity index (χ1n) is 14.6. The number of para-hydroxylation sites is 2. The molecule has 2 nitrogen and oxygen atoms in total. The van der Waals surface area contributed by atoms with E-state index in [4.69, 9.17) is 6.57 Å². The van der Waals surface area contributed by atoms with E-state index in [0.29, 0.717) is 5.69 Å². The van der Waals surface area contributed by atoms with Crippen LogP contribution in [0.25, 0.3) is 58.0 Å². The van der Waals surface area contributed by atoms with Crippen LogP contribution in [0.3, 0.4) is 0 Å². The summed E-state index contributed by atoms with van der Waals surface area (Å²) < 4.78 is 2.43. The molecule has 0 unspecified atom stereocenters.